The second-order valence-electron chi connectivity index (χ2n) is 9.28. The molecular weight excluding hydrogens is 428 g/mol. The maximum absolute atomic E-state index is 10.5. The number of nitrogens with zero attached hydrogens (tertiary/aromatic N) is 3. The van der Waals surface area contributed by atoms with E-state index in [1.165, 1.54) is 0 Å². The lowest BCUT2D eigenvalue weighted by atomic mass is 9.50. The highest BCUT2D eigenvalue weighted by Crippen LogP contribution is 2.70. The molecule has 2 aliphatic heterocycles. The van der Waals surface area contributed by atoms with Gasteiger partial charge in [0, 0.05) is 6.42 Å². The van der Waals surface area contributed by atoms with Crippen molar-refractivity contribution in [2.24, 2.45) is 22.7 Å². The number of hydrogen-bond acceptors (Lipinski definition) is 7. The predicted octanol–water partition coefficient (Wildman–Crippen LogP) is 5.62. The molecule has 170 valence electrons. The van der Waals surface area contributed by atoms with Gasteiger partial charge in [0.15, 0.2) is 5.41 Å². The zero-order valence-electron chi connectivity index (χ0n) is 18.8. The molecule has 0 spiro atoms. The third-order valence-electron chi connectivity index (χ3n) is 7.74. The van der Waals surface area contributed by atoms with Gasteiger partial charge in [-0.25, -0.2) is 0 Å². The lowest BCUT2D eigenvalue weighted by Gasteiger charge is -2.52. The molecule has 5 unspecified atom stereocenters. The summed E-state index contributed by atoms with van der Waals surface area (Å²) in [7, 11) is 0. The first kappa shape index (κ1) is 22.0. The van der Waals surface area contributed by atoms with Crippen LogP contribution in [0.1, 0.15) is 44.3 Å². The number of nitrogens with one attached hydrogen (secondary N) is 1. The van der Waals surface area contributed by atoms with Crippen LogP contribution < -0.4 is 4.74 Å². The fourth-order valence-corrected chi connectivity index (χ4v) is 5.95. The Hall–Kier alpha value is -3.86. The topological polar surface area (TPSA) is 123 Å². The van der Waals surface area contributed by atoms with Gasteiger partial charge in [-0.3, -0.25) is 5.41 Å². The molecule has 0 radical (unpaired) electrons. The minimum atomic E-state index is -1.95. The molecule has 2 aromatic carbocycles. The van der Waals surface area contributed by atoms with Crippen molar-refractivity contribution in [2.45, 2.75) is 44.5 Å². The van der Waals surface area contributed by atoms with E-state index in [1.807, 2.05) is 30.3 Å². The highest BCUT2D eigenvalue weighted by molar-refractivity contribution is 5.89. The molecule has 7 nitrogen and oxygen atoms in total. The third kappa shape index (κ3) is 2.79. The van der Waals surface area contributed by atoms with Crippen LogP contribution in [0.15, 0.2) is 54.6 Å². The van der Waals surface area contributed by atoms with Gasteiger partial charge in [-0.2, -0.15) is 15.8 Å². The molecule has 3 fully saturated rings. The Bertz CT molecular complexity index is 1240. The number of benzene rings is 2. The second-order valence-corrected chi connectivity index (χ2v) is 9.28. The van der Waals surface area contributed by atoms with Crippen LogP contribution in [-0.4, -0.2) is 11.7 Å². The van der Waals surface area contributed by atoms with Crippen molar-refractivity contribution in [3.63, 3.8) is 0 Å². The van der Waals surface area contributed by atoms with Crippen LogP contribution in [0, 0.1) is 62.1 Å². The molecule has 3 aliphatic rings. The molecular formula is C27H24N4O3. The van der Waals surface area contributed by atoms with Crippen molar-refractivity contribution in [3.8, 4) is 29.7 Å². The van der Waals surface area contributed by atoms with E-state index >= 15 is 0 Å². The fraction of sp³-hybridized carbons (Fsp3) is 0.407. The van der Waals surface area contributed by atoms with Crippen LogP contribution in [-0.2, 0) is 9.47 Å². The van der Waals surface area contributed by atoms with Crippen molar-refractivity contribution >= 4 is 5.90 Å². The van der Waals surface area contributed by atoms with Crippen molar-refractivity contribution < 1.29 is 14.2 Å². The summed E-state index contributed by atoms with van der Waals surface area (Å²) in [6, 6.07) is 22.8. The molecule has 5 atom stereocenters. The quantitative estimate of drug-likeness (QED) is 0.642. The van der Waals surface area contributed by atoms with Crippen LogP contribution in [0.25, 0.3) is 0 Å². The van der Waals surface area contributed by atoms with Crippen LogP contribution >= 0.6 is 0 Å². The van der Waals surface area contributed by atoms with E-state index in [0.29, 0.717) is 35.8 Å². The SMILES string of the molecule is CCC1CCC23OC(=N)C(C#N)(C2C1)C(C#N)(C#N)C(c1cccc(Oc2ccccc2)c1)O3. The van der Waals surface area contributed by atoms with Gasteiger partial charge < -0.3 is 14.2 Å². The van der Waals surface area contributed by atoms with Gasteiger partial charge >= 0.3 is 0 Å². The largest absolute Gasteiger partial charge is 0.457 e. The Morgan fingerprint density at radius 1 is 1.03 bits per heavy atom. The summed E-state index contributed by atoms with van der Waals surface area (Å²) in [4.78, 5) is 0. The molecule has 0 amide bonds. The molecule has 2 saturated heterocycles. The van der Waals surface area contributed by atoms with Crippen molar-refractivity contribution in [1.29, 1.82) is 21.2 Å². The minimum absolute atomic E-state index is 0.318. The Kier molecular flexibility index (Phi) is 5.08. The number of nitriles is 3. The van der Waals surface area contributed by atoms with Gasteiger partial charge in [-0.1, -0.05) is 43.7 Å². The maximum atomic E-state index is 10.5. The number of para-hydroxylation sites is 1. The molecule has 2 aromatic rings. The van der Waals surface area contributed by atoms with Crippen molar-refractivity contribution in [2.75, 3.05) is 0 Å². The third-order valence-corrected chi connectivity index (χ3v) is 7.74. The van der Waals surface area contributed by atoms with Gasteiger partial charge in [-0.15, -0.1) is 0 Å². The number of hydrogen-bond donors (Lipinski definition) is 1. The Morgan fingerprint density at radius 3 is 2.44 bits per heavy atom. The van der Waals surface area contributed by atoms with Crippen LogP contribution in [0.2, 0.25) is 0 Å². The summed E-state index contributed by atoms with van der Waals surface area (Å²) in [5.41, 5.74) is -3.14. The van der Waals surface area contributed by atoms with E-state index in [2.05, 4.69) is 25.1 Å². The monoisotopic (exact) mass is 452 g/mol. The number of ether oxygens (including phenoxy) is 3. The summed E-state index contributed by atoms with van der Waals surface area (Å²) in [6.45, 7) is 2.09. The maximum Gasteiger partial charge on any atom is 0.217 e. The Labute approximate surface area is 198 Å². The van der Waals surface area contributed by atoms with Gasteiger partial charge in [-0.05, 0) is 48.6 Å². The van der Waals surface area contributed by atoms with E-state index in [0.717, 1.165) is 12.8 Å². The first-order valence-electron chi connectivity index (χ1n) is 11.5. The summed E-state index contributed by atoms with van der Waals surface area (Å²) < 4.78 is 18.5. The van der Waals surface area contributed by atoms with Gasteiger partial charge in [0.2, 0.25) is 17.1 Å². The molecule has 0 aromatic heterocycles. The van der Waals surface area contributed by atoms with E-state index in [9.17, 15) is 15.8 Å². The standard InChI is InChI=1S/C27H24N4O3/c1-2-18-11-12-27-22(13-18)26(17-30,24(31)34-27)25(15-28,16-29)23(33-27)19-7-6-10-21(14-19)32-20-8-4-3-5-9-20/h3-10,14,18,22-23,31H,2,11-13H2,1H3. The van der Waals surface area contributed by atoms with E-state index in [4.69, 9.17) is 19.6 Å². The average molecular weight is 453 g/mol. The lowest BCUT2D eigenvalue weighted by molar-refractivity contribution is -0.299. The second kappa shape index (κ2) is 7.87. The van der Waals surface area contributed by atoms with Gasteiger partial charge in [0.1, 0.15) is 17.6 Å². The zero-order chi connectivity index (χ0) is 24.0. The van der Waals surface area contributed by atoms with E-state index in [1.54, 1.807) is 24.3 Å². The normalized spacial score (nSPS) is 32.9. The minimum Gasteiger partial charge on any atom is -0.457 e. The summed E-state index contributed by atoms with van der Waals surface area (Å²) in [5.74, 6) is -0.615. The van der Waals surface area contributed by atoms with Crippen molar-refractivity contribution in [1.82, 2.24) is 0 Å². The van der Waals surface area contributed by atoms with Crippen LogP contribution in [0.4, 0.5) is 0 Å². The van der Waals surface area contributed by atoms with E-state index in [-0.39, 0.29) is 5.90 Å². The number of rotatable bonds is 4. The molecule has 5 rings (SSSR count). The smallest absolute Gasteiger partial charge is 0.217 e. The van der Waals surface area contributed by atoms with Crippen LogP contribution in [0.3, 0.4) is 0 Å². The average Bonchev–Trinajstić information content (AvgIpc) is 3.08. The molecule has 1 saturated carbocycles. The lowest BCUT2D eigenvalue weighted by Crippen LogP contribution is -2.61. The van der Waals surface area contributed by atoms with Gasteiger partial charge in [0.25, 0.3) is 0 Å². The fourth-order valence-electron chi connectivity index (χ4n) is 5.95. The summed E-state index contributed by atoms with van der Waals surface area (Å²) >= 11 is 0. The molecule has 2 heterocycles. The van der Waals surface area contributed by atoms with Crippen LogP contribution in [0.5, 0.6) is 11.5 Å². The highest BCUT2D eigenvalue weighted by atomic mass is 16.7. The highest BCUT2D eigenvalue weighted by Gasteiger charge is 2.80. The predicted molar refractivity (Wildman–Crippen MR) is 121 cm³/mol. The first-order chi connectivity index (χ1) is 16.5. The Balaban J connectivity index is 1.63. The molecule has 1 N–H and O–H groups in total. The molecule has 2 bridgehead atoms. The molecule has 34 heavy (non-hydrogen) atoms. The summed E-state index contributed by atoms with van der Waals surface area (Å²) in [5, 5.41) is 40.1. The molecule has 7 heteroatoms. The Morgan fingerprint density at radius 2 is 1.76 bits per heavy atom. The van der Waals surface area contributed by atoms with E-state index < -0.39 is 28.6 Å². The first-order valence-corrected chi connectivity index (χ1v) is 11.5. The summed E-state index contributed by atoms with van der Waals surface area (Å²) in [6.07, 6.45) is 1.74. The zero-order valence-corrected chi connectivity index (χ0v) is 18.8. The molecule has 1 aliphatic carbocycles. The van der Waals surface area contributed by atoms with Gasteiger partial charge in [0.05, 0.1) is 24.1 Å². The van der Waals surface area contributed by atoms with Crippen molar-refractivity contribution in [3.05, 3.63) is 60.2 Å².